The molecule has 8 heteroatoms. The van der Waals surface area contributed by atoms with Crippen LogP contribution in [0.5, 0.6) is 0 Å². The molecular weight excluding hydrogens is 422 g/mol. The number of benzene rings is 2. The largest absolute Gasteiger partial charge is 0.386 e. The number of nitrogens with two attached hydrogens (primary N) is 1. The number of carbonyl (C=O) groups excluding carboxylic acids is 1. The van der Waals surface area contributed by atoms with Crippen molar-refractivity contribution in [3.8, 4) is 0 Å². The summed E-state index contributed by atoms with van der Waals surface area (Å²) >= 11 is 0. The lowest BCUT2D eigenvalue weighted by Gasteiger charge is -2.18. The van der Waals surface area contributed by atoms with Gasteiger partial charge >= 0.3 is 0 Å². The molecule has 0 bridgehead atoms. The topological polar surface area (TPSA) is 92.8 Å². The lowest BCUT2D eigenvalue weighted by molar-refractivity contribution is -0.117. The van der Waals surface area contributed by atoms with Crippen LogP contribution in [0.2, 0.25) is 0 Å². The third-order valence-electron chi connectivity index (χ3n) is 6.21. The van der Waals surface area contributed by atoms with Gasteiger partial charge in [-0.1, -0.05) is 6.07 Å². The van der Waals surface area contributed by atoms with Crippen LogP contribution in [0.3, 0.4) is 0 Å². The molecule has 2 aliphatic carbocycles. The Labute approximate surface area is 181 Å². The highest BCUT2D eigenvalue weighted by Crippen LogP contribution is 2.38. The van der Waals surface area contributed by atoms with Crippen molar-refractivity contribution in [2.45, 2.75) is 69.3 Å². The van der Waals surface area contributed by atoms with Gasteiger partial charge in [-0.05, 0) is 97.9 Å². The van der Waals surface area contributed by atoms with Gasteiger partial charge in [0, 0.05) is 0 Å². The molecule has 0 heterocycles. The molecule has 0 spiro atoms. The molecule has 166 valence electrons. The molecule has 2 aliphatic rings. The standard InChI is InChI=1S/C23H26F2N2O3S/c1-23(2,29)13-9-10-20(19(24)11-13)31(26,30)27-21(28)12-18-14-5-3-7-16(14)22(25)17-8-4-6-15(17)18/h9-11,29H,3-8,12H2,1-2H3,(H2,26,27,28,30). The molecule has 31 heavy (non-hydrogen) atoms. The lowest BCUT2D eigenvalue weighted by Crippen LogP contribution is -2.20. The summed E-state index contributed by atoms with van der Waals surface area (Å²) in [7, 11) is -3.81. The molecule has 1 atom stereocenters. The molecule has 2 aromatic carbocycles. The normalized spacial score (nSPS) is 17.2. The van der Waals surface area contributed by atoms with E-state index in [1.807, 2.05) is 0 Å². The first-order chi connectivity index (χ1) is 14.5. The van der Waals surface area contributed by atoms with Crippen LogP contribution in [-0.4, -0.2) is 15.2 Å². The zero-order chi connectivity index (χ0) is 22.6. The molecule has 0 saturated heterocycles. The third-order valence-corrected chi connectivity index (χ3v) is 7.65. The second-order valence-electron chi connectivity index (χ2n) is 8.85. The first-order valence-electron chi connectivity index (χ1n) is 10.4. The van der Waals surface area contributed by atoms with E-state index in [2.05, 4.69) is 4.36 Å². The van der Waals surface area contributed by atoms with Crippen molar-refractivity contribution in [3.63, 3.8) is 0 Å². The number of amides is 1. The number of hydrogen-bond donors (Lipinski definition) is 2. The molecule has 0 radical (unpaired) electrons. The summed E-state index contributed by atoms with van der Waals surface area (Å²) in [6, 6.07) is 3.64. The van der Waals surface area contributed by atoms with Crippen LogP contribution in [-0.2, 0) is 52.4 Å². The van der Waals surface area contributed by atoms with Crippen molar-refractivity contribution in [3.05, 3.63) is 63.2 Å². The number of halogens is 2. The van der Waals surface area contributed by atoms with Gasteiger partial charge in [-0.15, -0.1) is 4.36 Å². The van der Waals surface area contributed by atoms with Gasteiger partial charge in [0.1, 0.15) is 21.5 Å². The number of fused-ring (bicyclic) bond motifs is 2. The predicted octanol–water partition coefficient (Wildman–Crippen LogP) is 3.64. The summed E-state index contributed by atoms with van der Waals surface area (Å²) < 4.78 is 46.0. The first kappa shape index (κ1) is 22.0. The first-order valence-corrected chi connectivity index (χ1v) is 12.0. The summed E-state index contributed by atoms with van der Waals surface area (Å²) in [6.07, 6.45) is 4.25. The van der Waals surface area contributed by atoms with Crippen LogP contribution in [0.15, 0.2) is 27.5 Å². The maximum Gasteiger partial charge on any atom is 0.259 e. The van der Waals surface area contributed by atoms with Crippen LogP contribution in [0.1, 0.15) is 60.1 Å². The van der Waals surface area contributed by atoms with E-state index in [0.717, 1.165) is 35.6 Å². The van der Waals surface area contributed by atoms with E-state index < -0.39 is 27.2 Å². The quantitative estimate of drug-likeness (QED) is 0.748. The van der Waals surface area contributed by atoms with Crippen molar-refractivity contribution in [2.75, 3.05) is 0 Å². The number of nitrogens with zero attached hydrogens (tertiary/aromatic N) is 1. The van der Waals surface area contributed by atoms with Gasteiger partial charge in [0.25, 0.3) is 5.91 Å². The minimum Gasteiger partial charge on any atom is -0.386 e. The van der Waals surface area contributed by atoms with Crippen LogP contribution in [0, 0.1) is 11.6 Å². The van der Waals surface area contributed by atoms with Crippen molar-refractivity contribution < 1.29 is 22.9 Å². The maximum atomic E-state index is 14.8. The Morgan fingerprint density at radius 2 is 1.65 bits per heavy atom. The molecule has 1 unspecified atom stereocenters. The van der Waals surface area contributed by atoms with Gasteiger partial charge in [0.15, 0.2) is 0 Å². The van der Waals surface area contributed by atoms with Gasteiger partial charge < -0.3 is 5.11 Å². The van der Waals surface area contributed by atoms with Crippen molar-refractivity contribution in [1.82, 2.24) is 0 Å². The molecule has 4 rings (SSSR count). The van der Waals surface area contributed by atoms with Gasteiger partial charge in [0.05, 0.1) is 16.9 Å². The monoisotopic (exact) mass is 448 g/mol. The Balaban J connectivity index is 1.69. The van der Waals surface area contributed by atoms with E-state index in [-0.39, 0.29) is 22.7 Å². The zero-order valence-electron chi connectivity index (χ0n) is 17.6. The fraction of sp³-hybridized carbons (Fsp3) is 0.435. The third kappa shape index (κ3) is 4.04. The SMILES string of the molecule is CC(C)(O)c1ccc(S(N)(=O)=NC(=O)Cc2c3c(c(F)c4c2CCC4)CCC3)c(F)c1. The predicted molar refractivity (Wildman–Crippen MR) is 114 cm³/mol. The highest BCUT2D eigenvalue weighted by molar-refractivity contribution is 7.91. The van der Waals surface area contributed by atoms with Crippen molar-refractivity contribution in [1.29, 1.82) is 0 Å². The van der Waals surface area contributed by atoms with Gasteiger partial charge in [-0.25, -0.2) is 18.1 Å². The Kier molecular flexibility index (Phi) is 5.52. The van der Waals surface area contributed by atoms with Crippen LogP contribution in [0.4, 0.5) is 8.78 Å². The summed E-state index contributed by atoms with van der Waals surface area (Å²) in [5.41, 5.74) is 2.88. The summed E-state index contributed by atoms with van der Waals surface area (Å²) in [4.78, 5) is 12.4. The molecule has 0 aromatic heterocycles. The van der Waals surface area contributed by atoms with Gasteiger partial charge in [-0.3, -0.25) is 4.79 Å². The smallest absolute Gasteiger partial charge is 0.259 e. The van der Waals surface area contributed by atoms with E-state index in [0.29, 0.717) is 36.8 Å². The van der Waals surface area contributed by atoms with E-state index in [4.69, 9.17) is 5.14 Å². The molecular formula is C23H26F2N2O3S. The average Bonchev–Trinajstić information content (AvgIpc) is 3.33. The fourth-order valence-electron chi connectivity index (χ4n) is 4.72. The molecule has 0 fully saturated rings. The number of aliphatic hydroxyl groups is 1. The van der Waals surface area contributed by atoms with Crippen LogP contribution < -0.4 is 5.14 Å². The molecule has 5 nitrogen and oxygen atoms in total. The second kappa shape index (κ2) is 7.76. The Morgan fingerprint density at radius 3 is 2.16 bits per heavy atom. The Hall–Kier alpha value is -2.16. The molecule has 1 amide bonds. The Bertz CT molecular complexity index is 1170. The number of hydrogen-bond acceptors (Lipinski definition) is 3. The zero-order valence-corrected chi connectivity index (χ0v) is 18.5. The summed E-state index contributed by atoms with van der Waals surface area (Å²) in [5.74, 6) is -1.75. The lowest BCUT2D eigenvalue weighted by atomic mass is 9.91. The van der Waals surface area contributed by atoms with E-state index >= 15 is 0 Å². The minimum atomic E-state index is -3.81. The summed E-state index contributed by atoms with van der Waals surface area (Å²) in [5, 5.41) is 15.8. The number of carbonyl (C=O) groups is 1. The van der Waals surface area contributed by atoms with Gasteiger partial charge in [0.2, 0.25) is 0 Å². The van der Waals surface area contributed by atoms with Gasteiger partial charge in [-0.2, -0.15) is 0 Å². The van der Waals surface area contributed by atoms with E-state index in [1.165, 1.54) is 26.0 Å². The van der Waals surface area contributed by atoms with Crippen LogP contribution >= 0.6 is 0 Å². The molecule has 0 saturated carbocycles. The fourth-order valence-corrected chi connectivity index (χ4v) is 5.78. The minimum absolute atomic E-state index is 0.123. The van der Waals surface area contributed by atoms with Crippen LogP contribution in [0.25, 0.3) is 0 Å². The highest BCUT2D eigenvalue weighted by atomic mass is 32.2. The molecule has 3 N–H and O–H groups in total. The van der Waals surface area contributed by atoms with E-state index in [9.17, 15) is 22.9 Å². The highest BCUT2D eigenvalue weighted by Gasteiger charge is 2.30. The maximum absolute atomic E-state index is 14.8. The summed E-state index contributed by atoms with van der Waals surface area (Å²) in [6.45, 7) is 2.99. The Morgan fingerprint density at radius 1 is 1.10 bits per heavy atom. The van der Waals surface area contributed by atoms with Crippen molar-refractivity contribution >= 4 is 15.8 Å². The second-order valence-corrected chi connectivity index (χ2v) is 10.6. The molecule has 2 aromatic rings. The average molecular weight is 449 g/mol. The van der Waals surface area contributed by atoms with E-state index in [1.54, 1.807) is 0 Å². The van der Waals surface area contributed by atoms with Crippen molar-refractivity contribution in [2.24, 2.45) is 9.50 Å². The number of rotatable bonds is 4. The molecule has 0 aliphatic heterocycles.